The van der Waals surface area contributed by atoms with Crippen LogP contribution in [0.3, 0.4) is 0 Å². The van der Waals surface area contributed by atoms with E-state index in [0.29, 0.717) is 11.8 Å². The Kier molecular flexibility index (Phi) is 4.98. The van der Waals surface area contributed by atoms with E-state index in [1.165, 1.54) is 12.3 Å². The number of aryl methyl sites for hydroxylation is 1. The monoisotopic (exact) mass is 345 g/mol. The number of hydrazone groups is 1. The molecule has 0 aliphatic heterocycles. The number of hydrogen-bond donors (Lipinski definition) is 2. The van der Waals surface area contributed by atoms with Crippen molar-refractivity contribution in [3.05, 3.63) is 67.5 Å². The molecule has 2 rings (SSSR count). The van der Waals surface area contributed by atoms with Crippen molar-refractivity contribution < 1.29 is 19.7 Å². The molecule has 2 N–H and O–H groups in total. The Hall–Kier alpha value is -3.89. The third-order valence-corrected chi connectivity index (χ3v) is 3.05. The summed E-state index contributed by atoms with van der Waals surface area (Å²) in [6.45, 7) is 1.75. The SMILES string of the molecule is Cc1ccc(C(=O)N/N=C\c2cc([N+](=O)[O-])cc([N+](=O)[O-])c2O)cn1. The van der Waals surface area contributed by atoms with Crippen molar-refractivity contribution in [3.8, 4) is 5.75 Å². The molecule has 0 radical (unpaired) electrons. The molecule has 0 saturated carbocycles. The molecule has 1 heterocycles. The summed E-state index contributed by atoms with van der Waals surface area (Å²) in [5.41, 5.74) is 1.34. The summed E-state index contributed by atoms with van der Waals surface area (Å²) in [5, 5.41) is 35.0. The van der Waals surface area contributed by atoms with Gasteiger partial charge in [0.2, 0.25) is 5.75 Å². The van der Waals surface area contributed by atoms with Gasteiger partial charge < -0.3 is 5.11 Å². The minimum atomic E-state index is -0.962. The maximum Gasteiger partial charge on any atom is 0.318 e. The van der Waals surface area contributed by atoms with Gasteiger partial charge in [-0.25, -0.2) is 5.43 Å². The summed E-state index contributed by atoms with van der Waals surface area (Å²) in [7, 11) is 0. The van der Waals surface area contributed by atoms with Crippen LogP contribution in [0, 0.1) is 27.2 Å². The standard InChI is InChI=1S/C14H11N5O6/c1-8-2-3-9(6-15-8)14(21)17-16-7-10-4-11(18(22)23)5-12(13(10)20)19(24)25/h2-7,20H,1H3,(H,17,21)/b16-7-. The third-order valence-electron chi connectivity index (χ3n) is 3.05. The summed E-state index contributed by atoms with van der Waals surface area (Å²) >= 11 is 0. The number of non-ortho nitro benzene ring substituents is 1. The number of nitro benzene ring substituents is 2. The van der Waals surface area contributed by atoms with Crippen LogP contribution in [0.1, 0.15) is 21.6 Å². The van der Waals surface area contributed by atoms with Crippen LogP contribution in [-0.4, -0.2) is 32.1 Å². The number of amides is 1. The van der Waals surface area contributed by atoms with Gasteiger partial charge in [0.05, 0.1) is 33.3 Å². The van der Waals surface area contributed by atoms with Crippen LogP contribution in [0.25, 0.3) is 0 Å². The molecule has 25 heavy (non-hydrogen) atoms. The van der Waals surface area contributed by atoms with Gasteiger partial charge in [-0.3, -0.25) is 30.0 Å². The van der Waals surface area contributed by atoms with Crippen LogP contribution >= 0.6 is 0 Å². The Morgan fingerprint density at radius 2 is 2.00 bits per heavy atom. The van der Waals surface area contributed by atoms with Crippen LogP contribution in [0.5, 0.6) is 5.75 Å². The fourth-order valence-electron chi connectivity index (χ4n) is 1.80. The molecule has 0 unspecified atom stereocenters. The highest BCUT2D eigenvalue weighted by atomic mass is 16.6. The van der Waals surface area contributed by atoms with Crippen molar-refractivity contribution in [2.45, 2.75) is 6.92 Å². The molecule has 2 aromatic rings. The largest absolute Gasteiger partial charge is 0.502 e. The summed E-state index contributed by atoms with van der Waals surface area (Å²) in [5.74, 6) is -1.41. The molecule has 0 saturated heterocycles. The van der Waals surface area contributed by atoms with E-state index < -0.39 is 32.9 Å². The number of nitro groups is 2. The number of phenolic OH excluding ortho intramolecular Hbond substituents is 1. The van der Waals surface area contributed by atoms with E-state index in [1.54, 1.807) is 13.0 Å². The molecule has 1 aromatic heterocycles. The predicted octanol–water partition coefficient (Wildman–Crippen LogP) is 1.68. The fourth-order valence-corrected chi connectivity index (χ4v) is 1.80. The first-order valence-corrected chi connectivity index (χ1v) is 6.71. The maximum absolute atomic E-state index is 11.8. The zero-order valence-electron chi connectivity index (χ0n) is 12.7. The minimum Gasteiger partial charge on any atom is -0.502 e. The molecule has 11 nitrogen and oxygen atoms in total. The number of nitrogens with one attached hydrogen (secondary N) is 1. The Labute approximate surface area is 139 Å². The van der Waals surface area contributed by atoms with Crippen molar-refractivity contribution in [2.24, 2.45) is 5.10 Å². The van der Waals surface area contributed by atoms with Crippen LogP contribution in [0.2, 0.25) is 0 Å². The highest BCUT2D eigenvalue weighted by Crippen LogP contribution is 2.33. The van der Waals surface area contributed by atoms with Gasteiger partial charge in [0.1, 0.15) is 0 Å². The lowest BCUT2D eigenvalue weighted by molar-refractivity contribution is -0.394. The predicted molar refractivity (Wildman–Crippen MR) is 85.4 cm³/mol. The second kappa shape index (κ2) is 7.12. The zero-order chi connectivity index (χ0) is 18.6. The second-order valence-corrected chi connectivity index (χ2v) is 4.80. The van der Waals surface area contributed by atoms with Gasteiger partial charge in [-0.2, -0.15) is 5.10 Å². The number of rotatable bonds is 5. The van der Waals surface area contributed by atoms with E-state index in [-0.39, 0.29) is 11.1 Å². The number of benzene rings is 1. The van der Waals surface area contributed by atoms with Gasteiger partial charge in [-0.05, 0) is 19.1 Å². The van der Waals surface area contributed by atoms with Gasteiger partial charge in [0.25, 0.3) is 11.6 Å². The molecule has 0 spiro atoms. The second-order valence-electron chi connectivity index (χ2n) is 4.80. The first-order chi connectivity index (χ1) is 11.8. The van der Waals surface area contributed by atoms with Crippen LogP contribution in [0.4, 0.5) is 11.4 Å². The molecule has 1 aromatic carbocycles. The fraction of sp³-hybridized carbons (Fsp3) is 0.0714. The zero-order valence-corrected chi connectivity index (χ0v) is 12.7. The minimum absolute atomic E-state index is 0.219. The topological polar surface area (TPSA) is 161 Å². The first-order valence-electron chi connectivity index (χ1n) is 6.71. The summed E-state index contributed by atoms with van der Waals surface area (Å²) in [6.07, 6.45) is 2.20. The highest BCUT2D eigenvalue weighted by molar-refractivity contribution is 5.95. The molecule has 128 valence electrons. The van der Waals surface area contributed by atoms with Gasteiger partial charge in [0, 0.05) is 18.0 Å². The molecule has 11 heteroatoms. The van der Waals surface area contributed by atoms with E-state index in [2.05, 4.69) is 15.5 Å². The van der Waals surface area contributed by atoms with E-state index in [1.807, 2.05) is 0 Å². The Morgan fingerprint density at radius 3 is 2.56 bits per heavy atom. The van der Waals surface area contributed by atoms with Gasteiger partial charge in [-0.15, -0.1) is 0 Å². The molecular weight excluding hydrogens is 334 g/mol. The van der Waals surface area contributed by atoms with Crippen molar-refractivity contribution in [1.29, 1.82) is 0 Å². The summed E-state index contributed by atoms with van der Waals surface area (Å²) in [6, 6.07) is 4.66. The van der Waals surface area contributed by atoms with Crippen LogP contribution < -0.4 is 5.43 Å². The number of nitrogens with zero attached hydrogens (tertiary/aromatic N) is 4. The smallest absolute Gasteiger partial charge is 0.318 e. The normalized spacial score (nSPS) is 10.6. The number of carbonyl (C=O) groups is 1. The summed E-state index contributed by atoms with van der Waals surface area (Å²) < 4.78 is 0. The van der Waals surface area contributed by atoms with E-state index in [4.69, 9.17) is 0 Å². The molecule has 0 atom stereocenters. The molecule has 0 fully saturated rings. The van der Waals surface area contributed by atoms with Crippen molar-refractivity contribution in [2.75, 3.05) is 0 Å². The van der Waals surface area contributed by atoms with Gasteiger partial charge in [0.15, 0.2) is 0 Å². The quantitative estimate of drug-likeness (QED) is 0.473. The number of aromatic hydroxyl groups is 1. The number of phenols is 1. The first kappa shape index (κ1) is 17.5. The Bertz CT molecular complexity index is 878. The van der Waals surface area contributed by atoms with Crippen molar-refractivity contribution >= 4 is 23.5 Å². The van der Waals surface area contributed by atoms with Crippen molar-refractivity contribution in [3.63, 3.8) is 0 Å². The van der Waals surface area contributed by atoms with E-state index in [0.717, 1.165) is 12.3 Å². The maximum atomic E-state index is 11.8. The average Bonchev–Trinajstić information content (AvgIpc) is 2.56. The van der Waals surface area contributed by atoms with E-state index in [9.17, 15) is 30.1 Å². The van der Waals surface area contributed by atoms with Gasteiger partial charge in [-0.1, -0.05) is 0 Å². The van der Waals surface area contributed by atoms with Gasteiger partial charge >= 0.3 is 5.69 Å². The average molecular weight is 345 g/mol. The van der Waals surface area contributed by atoms with Crippen LogP contribution in [-0.2, 0) is 0 Å². The van der Waals surface area contributed by atoms with E-state index >= 15 is 0 Å². The number of hydrogen-bond acceptors (Lipinski definition) is 8. The Balaban J connectivity index is 2.25. The lowest BCUT2D eigenvalue weighted by Crippen LogP contribution is -2.17. The third kappa shape index (κ3) is 4.10. The molecular formula is C14H11N5O6. The number of pyridine rings is 1. The van der Waals surface area contributed by atoms with Crippen molar-refractivity contribution in [1.82, 2.24) is 10.4 Å². The number of aromatic nitrogens is 1. The molecule has 0 aliphatic rings. The molecule has 1 amide bonds. The Morgan fingerprint density at radius 1 is 1.28 bits per heavy atom. The lowest BCUT2D eigenvalue weighted by Gasteiger charge is -2.02. The highest BCUT2D eigenvalue weighted by Gasteiger charge is 2.23. The van der Waals surface area contributed by atoms with Crippen LogP contribution in [0.15, 0.2) is 35.6 Å². The molecule has 0 aliphatic carbocycles. The lowest BCUT2D eigenvalue weighted by atomic mass is 10.1. The number of carbonyl (C=O) groups excluding carboxylic acids is 1. The molecule has 0 bridgehead atoms. The summed E-state index contributed by atoms with van der Waals surface area (Å²) in [4.78, 5) is 35.6.